The summed E-state index contributed by atoms with van der Waals surface area (Å²) in [5.41, 5.74) is 2.44. The Morgan fingerprint density at radius 2 is 2.00 bits per heavy atom. The number of nitrogens with zero attached hydrogens (tertiary/aromatic N) is 1. The molecule has 1 aliphatic heterocycles. The number of amides is 1. The van der Waals surface area contributed by atoms with E-state index < -0.39 is 18.1 Å². The van der Waals surface area contributed by atoms with Crippen molar-refractivity contribution in [2.45, 2.75) is 12.2 Å². The van der Waals surface area contributed by atoms with Crippen molar-refractivity contribution in [2.75, 3.05) is 26.2 Å². The number of β-amino-alcohol motifs (C(OH)–C–C–N with tert-alkyl or cyclic N) is 2. The zero-order valence-corrected chi connectivity index (χ0v) is 11.0. The predicted molar refractivity (Wildman–Crippen MR) is 72.0 cm³/mol. The van der Waals surface area contributed by atoms with Crippen molar-refractivity contribution in [1.29, 1.82) is 0 Å². The Morgan fingerprint density at radius 3 is 2.65 bits per heavy atom. The summed E-state index contributed by atoms with van der Waals surface area (Å²) in [6.45, 7) is 1.77. The van der Waals surface area contributed by atoms with Crippen molar-refractivity contribution < 1.29 is 19.7 Å². The summed E-state index contributed by atoms with van der Waals surface area (Å²) in [6, 6.07) is 6.82. The first-order valence-corrected chi connectivity index (χ1v) is 6.43. The Kier molecular flexibility index (Phi) is 4.91. The quantitative estimate of drug-likeness (QED) is 0.304. The number of carbonyl (C=O) groups excluding carboxylic acids is 1. The van der Waals surface area contributed by atoms with Crippen LogP contribution in [0.25, 0.3) is 0 Å². The summed E-state index contributed by atoms with van der Waals surface area (Å²) in [5, 5.41) is 18.9. The van der Waals surface area contributed by atoms with Crippen molar-refractivity contribution in [3.8, 4) is 5.75 Å². The average Bonchev–Trinajstić information content (AvgIpc) is 2.77. The lowest BCUT2D eigenvalue weighted by molar-refractivity contribution is 0.0572. The first kappa shape index (κ1) is 14.7. The molecule has 5 N–H and O–H groups in total. The van der Waals surface area contributed by atoms with Crippen molar-refractivity contribution in [3.05, 3.63) is 29.8 Å². The van der Waals surface area contributed by atoms with Crippen molar-refractivity contribution in [3.63, 3.8) is 0 Å². The van der Waals surface area contributed by atoms with Gasteiger partial charge in [-0.05, 0) is 12.1 Å². The Morgan fingerprint density at radius 1 is 1.35 bits per heavy atom. The molecule has 1 aromatic carbocycles. The molecule has 0 aliphatic carbocycles. The van der Waals surface area contributed by atoms with Gasteiger partial charge < -0.3 is 14.9 Å². The van der Waals surface area contributed by atoms with Crippen LogP contribution < -0.4 is 16.0 Å². The largest absolute Gasteiger partial charge is 0.491 e. The third-order valence-electron chi connectivity index (χ3n) is 3.26. The fraction of sp³-hybridized carbons (Fsp3) is 0.462. The first-order valence-electron chi connectivity index (χ1n) is 6.43. The molecule has 1 heterocycles. The van der Waals surface area contributed by atoms with E-state index in [2.05, 4.69) is 5.43 Å². The van der Waals surface area contributed by atoms with Crippen molar-refractivity contribution in [2.24, 2.45) is 5.84 Å². The molecule has 7 heteroatoms. The molecule has 0 aromatic heterocycles. The molecule has 7 nitrogen and oxygen atoms in total. The van der Waals surface area contributed by atoms with Gasteiger partial charge in [0.15, 0.2) is 0 Å². The number of para-hydroxylation sites is 1. The van der Waals surface area contributed by atoms with Gasteiger partial charge in [-0.3, -0.25) is 15.1 Å². The molecule has 1 aliphatic rings. The highest BCUT2D eigenvalue weighted by Gasteiger charge is 2.29. The number of aliphatic hydroxyl groups excluding tert-OH is 2. The van der Waals surface area contributed by atoms with Gasteiger partial charge in [-0.1, -0.05) is 12.1 Å². The zero-order valence-electron chi connectivity index (χ0n) is 11.0. The van der Waals surface area contributed by atoms with Gasteiger partial charge in [0.25, 0.3) is 5.91 Å². The van der Waals surface area contributed by atoms with Crippen LogP contribution in [0.2, 0.25) is 0 Å². The molecular weight excluding hydrogens is 262 g/mol. The number of nitrogens with one attached hydrogen (secondary N) is 1. The van der Waals surface area contributed by atoms with Gasteiger partial charge in [-0.25, -0.2) is 5.84 Å². The number of hydrogen-bond acceptors (Lipinski definition) is 6. The van der Waals surface area contributed by atoms with Crippen LogP contribution in [0.3, 0.4) is 0 Å². The summed E-state index contributed by atoms with van der Waals surface area (Å²) in [5.74, 6) is 5.16. The van der Waals surface area contributed by atoms with E-state index in [1.807, 2.05) is 4.90 Å². The van der Waals surface area contributed by atoms with Crippen LogP contribution in [0.5, 0.6) is 5.75 Å². The second-order valence-electron chi connectivity index (χ2n) is 4.71. The number of nitrogens with two attached hydrogens (primary N) is 1. The van der Waals surface area contributed by atoms with Crippen molar-refractivity contribution in [1.82, 2.24) is 10.3 Å². The van der Waals surface area contributed by atoms with Crippen LogP contribution >= 0.6 is 0 Å². The monoisotopic (exact) mass is 281 g/mol. The van der Waals surface area contributed by atoms with Gasteiger partial charge in [0, 0.05) is 19.6 Å². The number of hydrazine groups is 1. The lowest BCUT2D eigenvalue weighted by Crippen LogP contribution is -2.31. The van der Waals surface area contributed by atoms with E-state index in [0.29, 0.717) is 37.6 Å². The maximum Gasteiger partial charge on any atom is 0.268 e. The van der Waals surface area contributed by atoms with Gasteiger partial charge in [0.05, 0.1) is 17.8 Å². The normalized spacial score (nSPS) is 22.8. The second-order valence-corrected chi connectivity index (χ2v) is 4.71. The van der Waals surface area contributed by atoms with Crippen LogP contribution in [0.15, 0.2) is 24.3 Å². The molecule has 110 valence electrons. The molecule has 1 amide bonds. The molecule has 1 saturated heterocycles. The van der Waals surface area contributed by atoms with Gasteiger partial charge in [0.2, 0.25) is 0 Å². The van der Waals surface area contributed by atoms with Gasteiger partial charge >= 0.3 is 0 Å². The highest BCUT2D eigenvalue weighted by molar-refractivity contribution is 5.96. The third kappa shape index (κ3) is 3.45. The Balaban J connectivity index is 1.87. The van der Waals surface area contributed by atoms with Crippen molar-refractivity contribution >= 4 is 5.91 Å². The van der Waals surface area contributed by atoms with Crippen LogP contribution in [0.4, 0.5) is 0 Å². The van der Waals surface area contributed by atoms with Gasteiger partial charge in [-0.2, -0.15) is 0 Å². The number of nitrogen functional groups attached to an aromatic ring is 1. The molecule has 2 unspecified atom stereocenters. The Hall–Kier alpha value is -1.67. The van der Waals surface area contributed by atoms with Crippen LogP contribution in [-0.4, -0.2) is 59.5 Å². The van der Waals surface area contributed by atoms with E-state index in [-0.39, 0.29) is 0 Å². The van der Waals surface area contributed by atoms with E-state index >= 15 is 0 Å². The Bertz CT molecular complexity index is 459. The summed E-state index contributed by atoms with van der Waals surface area (Å²) in [6.07, 6.45) is -1.41. The topological polar surface area (TPSA) is 108 Å². The highest BCUT2D eigenvalue weighted by atomic mass is 16.5. The maximum atomic E-state index is 11.5. The fourth-order valence-corrected chi connectivity index (χ4v) is 2.17. The maximum absolute atomic E-state index is 11.5. The number of ether oxygens (including phenoxy) is 1. The van der Waals surface area contributed by atoms with E-state index in [9.17, 15) is 15.0 Å². The lowest BCUT2D eigenvalue weighted by atomic mass is 10.2. The summed E-state index contributed by atoms with van der Waals surface area (Å²) in [4.78, 5) is 13.5. The van der Waals surface area contributed by atoms with Crippen LogP contribution in [0.1, 0.15) is 10.4 Å². The standard InChI is InChI=1S/C13H19N3O4/c14-15-13(19)9-3-1-2-4-12(9)20-6-5-16-7-10(17)11(18)8-16/h1-4,10-11,17-18H,5-8,14H2,(H,15,19). The third-order valence-corrected chi connectivity index (χ3v) is 3.26. The first-order chi connectivity index (χ1) is 9.61. The molecule has 0 radical (unpaired) electrons. The number of likely N-dealkylation sites (tertiary alicyclic amines) is 1. The number of carbonyl (C=O) groups is 1. The predicted octanol–water partition coefficient (Wildman–Crippen LogP) is -1.29. The van der Waals surface area contributed by atoms with Gasteiger partial charge in [-0.15, -0.1) is 0 Å². The Labute approximate surface area is 116 Å². The minimum atomic E-state index is -0.703. The zero-order chi connectivity index (χ0) is 14.5. The minimum Gasteiger partial charge on any atom is -0.491 e. The molecule has 0 bridgehead atoms. The number of hydrogen-bond donors (Lipinski definition) is 4. The van der Waals surface area contributed by atoms with E-state index in [1.54, 1.807) is 24.3 Å². The molecule has 0 spiro atoms. The molecule has 20 heavy (non-hydrogen) atoms. The summed E-state index contributed by atoms with van der Waals surface area (Å²) < 4.78 is 5.57. The van der Waals surface area contributed by atoms with Crippen LogP contribution in [0, 0.1) is 0 Å². The SMILES string of the molecule is NNC(=O)c1ccccc1OCCN1CC(O)C(O)C1. The van der Waals surface area contributed by atoms with E-state index in [1.165, 1.54) is 0 Å². The fourth-order valence-electron chi connectivity index (χ4n) is 2.17. The number of rotatable bonds is 5. The molecule has 2 rings (SSSR count). The molecule has 1 aromatic rings. The number of aliphatic hydroxyl groups is 2. The van der Waals surface area contributed by atoms with Crippen LogP contribution in [-0.2, 0) is 0 Å². The second kappa shape index (κ2) is 6.67. The minimum absolute atomic E-state index is 0.355. The van der Waals surface area contributed by atoms with Gasteiger partial charge in [0.1, 0.15) is 12.4 Å². The smallest absolute Gasteiger partial charge is 0.268 e. The molecular formula is C13H19N3O4. The highest BCUT2D eigenvalue weighted by Crippen LogP contribution is 2.18. The number of benzene rings is 1. The molecule has 2 atom stereocenters. The van der Waals surface area contributed by atoms with E-state index in [0.717, 1.165) is 0 Å². The van der Waals surface area contributed by atoms with E-state index in [4.69, 9.17) is 10.6 Å². The summed E-state index contributed by atoms with van der Waals surface area (Å²) >= 11 is 0. The molecule has 1 fully saturated rings. The summed E-state index contributed by atoms with van der Waals surface area (Å²) in [7, 11) is 0. The molecule has 0 saturated carbocycles. The lowest BCUT2D eigenvalue weighted by Gasteiger charge is -2.16. The average molecular weight is 281 g/mol.